The molecule has 1 amide bonds. The average molecular weight is 404 g/mol. The molecule has 0 atom stereocenters. The summed E-state index contributed by atoms with van der Waals surface area (Å²) in [5.41, 5.74) is 0.226. The number of fused-ring (bicyclic) bond motifs is 1. The molecule has 0 aromatic heterocycles. The van der Waals surface area contributed by atoms with Crippen molar-refractivity contribution >= 4 is 27.3 Å². The van der Waals surface area contributed by atoms with Crippen molar-refractivity contribution in [1.82, 2.24) is 0 Å². The molecule has 1 aliphatic rings. The van der Waals surface area contributed by atoms with Gasteiger partial charge in [0.1, 0.15) is 17.1 Å². The van der Waals surface area contributed by atoms with Gasteiger partial charge in [0, 0.05) is 6.92 Å². The highest BCUT2D eigenvalue weighted by atomic mass is 32.2. The molecule has 1 aliphatic heterocycles. The number of anilines is 2. The number of sulfonamides is 1. The van der Waals surface area contributed by atoms with Gasteiger partial charge in [-0.3, -0.25) is 9.52 Å². The second-order valence-corrected chi connectivity index (χ2v) is 8.81. The van der Waals surface area contributed by atoms with E-state index in [-0.39, 0.29) is 10.8 Å². The minimum atomic E-state index is -3.89. The smallest absolute Gasteiger partial charge is 0.262 e. The predicted octanol–water partition coefficient (Wildman–Crippen LogP) is 3.41. The Kier molecular flexibility index (Phi) is 5.25. The molecule has 2 aromatic carbocycles. The van der Waals surface area contributed by atoms with Gasteiger partial charge in [-0.1, -0.05) is 12.1 Å². The summed E-state index contributed by atoms with van der Waals surface area (Å²) in [6.07, 6.45) is 0. The molecule has 0 radical (unpaired) electrons. The van der Waals surface area contributed by atoms with Crippen LogP contribution in [0.3, 0.4) is 0 Å². The Morgan fingerprint density at radius 3 is 2.64 bits per heavy atom. The van der Waals surface area contributed by atoms with Crippen molar-refractivity contribution in [3.63, 3.8) is 0 Å². The number of hydrogen-bond donors (Lipinski definition) is 1. The Labute approximate surface area is 165 Å². The van der Waals surface area contributed by atoms with E-state index in [9.17, 15) is 13.2 Å². The minimum Gasteiger partial charge on any atom is -0.492 e. The normalized spacial score (nSPS) is 15.4. The van der Waals surface area contributed by atoms with Crippen LogP contribution in [-0.2, 0) is 14.8 Å². The molecule has 7 nitrogen and oxygen atoms in total. The monoisotopic (exact) mass is 404 g/mol. The third-order valence-electron chi connectivity index (χ3n) is 4.27. The third-order valence-corrected chi connectivity index (χ3v) is 5.63. The summed E-state index contributed by atoms with van der Waals surface area (Å²) in [5.74, 6) is 0.740. The van der Waals surface area contributed by atoms with Gasteiger partial charge in [-0.2, -0.15) is 0 Å². The van der Waals surface area contributed by atoms with Crippen LogP contribution in [0.1, 0.15) is 27.7 Å². The molecule has 0 saturated carbocycles. The van der Waals surface area contributed by atoms with Gasteiger partial charge in [0.25, 0.3) is 10.0 Å². The molecule has 8 heteroatoms. The van der Waals surface area contributed by atoms with E-state index in [1.165, 1.54) is 24.0 Å². The number of ether oxygens (including phenoxy) is 2. The van der Waals surface area contributed by atoms with Gasteiger partial charge in [0.15, 0.2) is 0 Å². The number of hydrogen-bond acceptors (Lipinski definition) is 5. The van der Waals surface area contributed by atoms with E-state index in [0.717, 1.165) is 0 Å². The minimum absolute atomic E-state index is 0.0344. The van der Waals surface area contributed by atoms with Crippen molar-refractivity contribution in [3.8, 4) is 11.5 Å². The molecule has 0 bridgehead atoms. The van der Waals surface area contributed by atoms with Gasteiger partial charge in [0.2, 0.25) is 5.91 Å². The maximum Gasteiger partial charge on any atom is 0.262 e. The molecule has 0 spiro atoms. The van der Waals surface area contributed by atoms with Crippen LogP contribution in [0.25, 0.3) is 0 Å². The number of para-hydroxylation sites is 2. The molecular formula is C20H24N2O5S. The van der Waals surface area contributed by atoms with E-state index < -0.39 is 15.6 Å². The lowest BCUT2D eigenvalue weighted by molar-refractivity contribution is -0.117. The molecule has 0 aliphatic carbocycles. The molecule has 3 rings (SSSR count). The highest BCUT2D eigenvalue weighted by Crippen LogP contribution is 2.39. The third kappa shape index (κ3) is 4.06. The fourth-order valence-electron chi connectivity index (χ4n) is 3.07. The van der Waals surface area contributed by atoms with Crippen LogP contribution in [0.4, 0.5) is 11.4 Å². The first-order valence-electron chi connectivity index (χ1n) is 8.99. The van der Waals surface area contributed by atoms with Gasteiger partial charge in [0.05, 0.1) is 29.4 Å². The van der Waals surface area contributed by atoms with Crippen LogP contribution in [-0.4, -0.2) is 33.1 Å². The second-order valence-electron chi connectivity index (χ2n) is 7.13. The summed E-state index contributed by atoms with van der Waals surface area (Å²) in [6, 6.07) is 11.3. The summed E-state index contributed by atoms with van der Waals surface area (Å²) in [6.45, 7) is 7.78. The largest absolute Gasteiger partial charge is 0.492 e. The summed E-state index contributed by atoms with van der Waals surface area (Å²) in [4.78, 5) is 13.7. The number of nitrogens with zero attached hydrogens (tertiary/aromatic N) is 1. The van der Waals surface area contributed by atoms with Crippen LogP contribution < -0.4 is 19.1 Å². The Hall–Kier alpha value is -2.74. The van der Waals surface area contributed by atoms with Crippen molar-refractivity contribution in [2.45, 2.75) is 38.2 Å². The van der Waals surface area contributed by atoms with Gasteiger partial charge in [-0.15, -0.1) is 0 Å². The lowest BCUT2D eigenvalue weighted by atomic mass is 10.1. The number of amides is 1. The summed E-state index contributed by atoms with van der Waals surface area (Å²) in [5, 5.41) is 0. The maximum atomic E-state index is 12.9. The van der Waals surface area contributed by atoms with Crippen LogP contribution >= 0.6 is 0 Å². The van der Waals surface area contributed by atoms with Gasteiger partial charge in [-0.05, 0) is 51.1 Å². The van der Waals surface area contributed by atoms with E-state index in [2.05, 4.69) is 4.72 Å². The zero-order chi connectivity index (χ0) is 20.5. The van der Waals surface area contributed by atoms with Crippen LogP contribution in [0.5, 0.6) is 11.5 Å². The van der Waals surface area contributed by atoms with E-state index >= 15 is 0 Å². The van der Waals surface area contributed by atoms with Crippen molar-refractivity contribution < 1.29 is 22.7 Å². The van der Waals surface area contributed by atoms with Crippen molar-refractivity contribution in [2.24, 2.45) is 0 Å². The number of benzene rings is 2. The van der Waals surface area contributed by atoms with E-state index in [4.69, 9.17) is 9.47 Å². The van der Waals surface area contributed by atoms with Crippen LogP contribution in [0.15, 0.2) is 47.4 Å². The first-order chi connectivity index (χ1) is 13.1. The molecular weight excluding hydrogens is 380 g/mol. The Bertz CT molecular complexity index is 1000. The van der Waals surface area contributed by atoms with Gasteiger partial charge < -0.3 is 14.4 Å². The number of rotatable bonds is 5. The predicted molar refractivity (Wildman–Crippen MR) is 108 cm³/mol. The molecule has 1 N–H and O–H groups in total. The van der Waals surface area contributed by atoms with Crippen LogP contribution in [0.2, 0.25) is 0 Å². The average Bonchev–Trinajstić information content (AvgIpc) is 2.61. The molecule has 0 fully saturated rings. The zero-order valence-electron chi connectivity index (χ0n) is 16.4. The molecule has 2 aromatic rings. The SMILES string of the molecule is CCOc1ccccc1NS(=O)(=O)c1ccc2c(c1)N(C(C)=O)CC(C)(C)O2. The highest BCUT2D eigenvalue weighted by molar-refractivity contribution is 7.92. The van der Waals surface area contributed by atoms with E-state index in [1.807, 2.05) is 20.8 Å². The fraction of sp³-hybridized carbons (Fsp3) is 0.350. The summed E-state index contributed by atoms with van der Waals surface area (Å²) >= 11 is 0. The molecule has 28 heavy (non-hydrogen) atoms. The Balaban J connectivity index is 1.99. The highest BCUT2D eigenvalue weighted by Gasteiger charge is 2.34. The zero-order valence-corrected chi connectivity index (χ0v) is 17.2. The van der Waals surface area contributed by atoms with Crippen LogP contribution in [0, 0.1) is 0 Å². The number of carbonyl (C=O) groups excluding carboxylic acids is 1. The molecule has 150 valence electrons. The standard InChI is InChI=1S/C20H24N2O5S/c1-5-26-18-9-7-6-8-16(18)21-28(24,25)15-10-11-19-17(12-15)22(14(2)23)13-20(3,4)27-19/h6-12,21H,5,13H2,1-4H3. The maximum absolute atomic E-state index is 12.9. The lowest BCUT2D eigenvalue weighted by Crippen LogP contribution is -2.48. The first-order valence-corrected chi connectivity index (χ1v) is 10.5. The quantitative estimate of drug-likeness (QED) is 0.825. The van der Waals surface area contributed by atoms with Gasteiger partial charge >= 0.3 is 0 Å². The molecule has 0 saturated heterocycles. The fourth-order valence-corrected chi connectivity index (χ4v) is 4.16. The number of nitrogens with one attached hydrogen (secondary N) is 1. The van der Waals surface area contributed by atoms with E-state index in [0.29, 0.717) is 36.0 Å². The molecule has 1 heterocycles. The van der Waals surface area contributed by atoms with Crippen molar-refractivity contribution in [2.75, 3.05) is 22.8 Å². The summed E-state index contributed by atoms with van der Waals surface area (Å²) < 4.78 is 39.8. The van der Waals surface area contributed by atoms with Crippen molar-refractivity contribution in [3.05, 3.63) is 42.5 Å². The van der Waals surface area contributed by atoms with E-state index in [1.54, 1.807) is 30.3 Å². The Morgan fingerprint density at radius 1 is 1.25 bits per heavy atom. The topological polar surface area (TPSA) is 84.9 Å². The lowest BCUT2D eigenvalue weighted by Gasteiger charge is -2.39. The number of carbonyl (C=O) groups is 1. The van der Waals surface area contributed by atoms with Crippen molar-refractivity contribution in [1.29, 1.82) is 0 Å². The molecule has 0 unspecified atom stereocenters. The van der Waals surface area contributed by atoms with Gasteiger partial charge in [-0.25, -0.2) is 8.42 Å². The second kappa shape index (κ2) is 7.35. The first kappa shape index (κ1) is 20.0. The summed E-state index contributed by atoms with van der Waals surface area (Å²) in [7, 11) is -3.89. The Morgan fingerprint density at radius 2 is 1.96 bits per heavy atom.